The van der Waals surface area contributed by atoms with E-state index >= 15 is 0 Å². The maximum Gasteiger partial charge on any atom is 0.228 e. The van der Waals surface area contributed by atoms with Gasteiger partial charge in [0.15, 0.2) is 0 Å². The Kier molecular flexibility index (Phi) is 8.27. The summed E-state index contributed by atoms with van der Waals surface area (Å²) < 4.78 is 0.757. The van der Waals surface area contributed by atoms with Crippen LogP contribution in [-0.2, 0) is 11.2 Å². The van der Waals surface area contributed by atoms with Crippen molar-refractivity contribution in [1.82, 2.24) is 15.2 Å². The maximum atomic E-state index is 12.4. The summed E-state index contributed by atoms with van der Waals surface area (Å²) in [5.74, 6) is 0.157. The third-order valence-corrected chi connectivity index (χ3v) is 5.78. The highest BCUT2D eigenvalue weighted by Gasteiger charge is 2.23. The highest BCUT2D eigenvalue weighted by atomic mass is 35.5. The molecule has 0 radical (unpaired) electrons. The number of hydrogen-bond donors (Lipinski definition) is 1. The Morgan fingerprint density at radius 2 is 2.26 bits per heavy atom. The van der Waals surface area contributed by atoms with Gasteiger partial charge in [0.2, 0.25) is 5.91 Å². The highest BCUT2D eigenvalue weighted by molar-refractivity contribution is 7.23. The molecule has 4 nitrogen and oxygen atoms in total. The van der Waals surface area contributed by atoms with E-state index in [4.69, 9.17) is 11.6 Å². The number of carbonyl (C=O) groups excluding carboxylic acids is 1. The molecule has 1 saturated heterocycles. The van der Waals surface area contributed by atoms with Crippen molar-refractivity contribution in [2.45, 2.75) is 19.4 Å². The number of thiophene rings is 1. The first kappa shape index (κ1) is 20.7. The standard InChI is InChI=1S/C14H16ClN3OS2.2ClH/c1-9-7-16-4-5-18(9)13(19)6-10-8-20-14(17-10)11-2-3-12(15)21-11;;/h2-3,8-9,16H,4-7H2,1H3;2*1H/t9-;;/m1../s1. The minimum Gasteiger partial charge on any atom is -0.337 e. The van der Waals surface area contributed by atoms with Crippen molar-refractivity contribution in [3.8, 4) is 9.88 Å². The van der Waals surface area contributed by atoms with E-state index in [0.717, 1.165) is 39.5 Å². The molecule has 1 aliphatic heterocycles. The van der Waals surface area contributed by atoms with Crippen LogP contribution < -0.4 is 5.32 Å². The van der Waals surface area contributed by atoms with Gasteiger partial charge in [-0.15, -0.1) is 47.5 Å². The number of aromatic nitrogens is 1. The Labute approximate surface area is 161 Å². The fourth-order valence-corrected chi connectivity index (χ4v) is 4.33. The van der Waals surface area contributed by atoms with Crippen molar-refractivity contribution in [2.24, 2.45) is 0 Å². The first-order valence-electron chi connectivity index (χ1n) is 6.84. The number of hydrogen-bond acceptors (Lipinski definition) is 5. The molecular weight excluding hydrogens is 397 g/mol. The molecule has 0 aliphatic carbocycles. The molecule has 1 amide bonds. The average molecular weight is 415 g/mol. The second-order valence-electron chi connectivity index (χ2n) is 5.06. The van der Waals surface area contributed by atoms with Crippen LogP contribution in [0.5, 0.6) is 0 Å². The lowest BCUT2D eigenvalue weighted by Gasteiger charge is -2.33. The zero-order valence-electron chi connectivity index (χ0n) is 12.5. The predicted octanol–water partition coefficient (Wildman–Crippen LogP) is 3.73. The van der Waals surface area contributed by atoms with Gasteiger partial charge >= 0.3 is 0 Å². The summed E-state index contributed by atoms with van der Waals surface area (Å²) in [5.41, 5.74) is 0.843. The third-order valence-electron chi connectivity index (χ3n) is 3.49. The first-order valence-corrected chi connectivity index (χ1v) is 8.91. The number of nitrogens with zero attached hydrogens (tertiary/aromatic N) is 2. The molecule has 3 heterocycles. The van der Waals surface area contributed by atoms with Crippen LogP contribution in [0.2, 0.25) is 4.34 Å². The number of nitrogens with one attached hydrogen (secondary N) is 1. The number of amides is 1. The molecule has 1 N–H and O–H groups in total. The van der Waals surface area contributed by atoms with Gasteiger partial charge in [-0.3, -0.25) is 4.79 Å². The molecular formula is C14H18Cl3N3OS2. The van der Waals surface area contributed by atoms with Crippen molar-refractivity contribution in [2.75, 3.05) is 19.6 Å². The summed E-state index contributed by atoms with van der Waals surface area (Å²) in [5, 5.41) is 6.19. The normalized spacial score (nSPS) is 17.3. The van der Waals surface area contributed by atoms with E-state index in [-0.39, 0.29) is 36.8 Å². The molecule has 0 spiro atoms. The van der Waals surface area contributed by atoms with Gasteiger partial charge in [-0.1, -0.05) is 11.6 Å². The van der Waals surface area contributed by atoms with Crippen LogP contribution in [0.25, 0.3) is 9.88 Å². The average Bonchev–Trinajstić information content (AvgIpc) is 3.08. The van der Waals surface area contributed by atoms with Gasteiger partial charge in [0, 0.05) is 31.1 Å². The molecule has 2 aromatic rings. The highest BCUT2D eigenvalue weighted by Crippen LogP contribution is 2.33. The number of halogens is 3. The lowest BCUT2D eigenvalue weighted by molar-refractivity contribution is -0.133. The van der Waals surface area contributed by atoms with E-state index in [1.807, 2.05) is 22.4 Å². The monoisotopic (exact) mass is 413 g/mol. The summed E-state index contributed by atoms with van der Waals surface area (Å²) in [4.78, 5) is 19.9. The van der Waals surface area contributed by atoms with Gasteiger partial charge in [0.05, 0.1) is 21.3 Å². The second kappa shape index (κ2) is 9.20. The molecule has 2 aromatic heterocycles. The smallest absolute Gasteiger partial charge is 0.228 e. The number of rotatable bonds is 3. The zero-order chi connectivity index (χ0) is 14.8. The Morgan fingerprint density at radius 3 is 2.91 bits per heavy atom. The Balaban J connectivity index is 0.00000132. The number of thiazole rings is 1. The van der Waals surface area contributed by atoms with Gasteiger partial charge in [0.1, 0.15) is 5.01 Å². The minimum absolute atomic E-state index is 0. The lowest BCUT2D eigenvalue weighted by atomic mass is 10.2. The molecule has 3 rings (SSSR count). The Morgan fingerprint density at radius 1 is 1.48 bits per heavy atom. The van der Waals surface area contributed by atoms with Gasteiger partial charge < -0.3 is 10.2 Å². The maximum absolute atomic E-state index is 12.4. The topological polar surface area (TPSA) is 45.2 Å². The Bertz CT molecular complexity index is 647. The van der Waals surface area contributed by atoms with E-state index < -0.39 is 0 Å². The van der Waals surface area contributed by atoms with Gasteiger partial charge in [-0.2, -0.15) is 0 Å². The van der Waals surface area contributed by atoms with Crippen LogP contribution >= 0.6 is 59.1 Å². The van der Waals surface area contributed by atoms with E-state index in [1.165, 1.54) is 11.3 Å². The molecule has 1 aliphatic rings. The van der Waals surface area contributed by atoms with Crippen molar-refractivity contribution < 1.29 is 4.79 Å². The quantitative estimate of drug-likeness (QED) is 0.832. The van der Waals surface area contributed by atoms with Gasteiger partial charge in [0.25, 0.3) is 0 Å². The van der Waals surface area contributed by atoms with E-state index in [1.54, 1.807) is 11.3 Å². The summed E-state index contributed by atoms with van der Waals surface area (Å²) in [7, 11) is 0. The predicted molar refractivity (Wildman–Crippen MR) is 103 cm³/mol. The van der Waals surface area contributed by atoms with Crippen molar-refractivity contribution >= 4 is 65.0 Å². The van der Waals surface area contributed by atoms with Crippen LogP contribution in [0.15, 0.2) is 17.5 Å². The second-order valence-corrected chi connectivity index (χ2v) is 7.64. The van der Waals surface area contributed by atoms with Crippen LogP contribution in [0.1, 0.15) is 12.6 Å². The zero-order valence-corrected chi connectivity index (χ0v) is 16.5. The minimum atomic E-state index is 0. The third kappa shape index (κ3) is 5.05. The van der Waals surface area contributed by atoms with E-state index in [2.05, 4.69) is 17.2 Å². The van der Waals surface area contributed by atoms with Crippen LogP contribution in [0, 0.1) is 0 Å². The van der Waals surface area contributed by atoms with Crippen molar-refractivity contribution in [3.05, 3.63) is 27.5 Å². The molecule has 0 unspecified atom stereocenters. The summed E-state index contributed by atoms with van der Waals surface area (Å²) >= 11 is 9.02. The molecule has 9 heteroatoms. The number of piperazine rings is 1. The summed E-state index contributed by atoms with van der Waals surface area (Å²) in [6.45, 7) is 4.58. The van der Waals surface area contributed by atoms with Crippen LogP contribution in [0.3, 0.4) is 0 Å². The molecule has 0 aromatic carbocycles. The van der Waals surface area contributed by atoms with Gasteiger partial charge in [-0.05, 0) is 19.1 Å². The van der Waals surface area contributed by atoms with Crippen LogP contribution in [-0.4, -0.2) is 41.5 Å². The van der Waals surface area contributed by atoms with Gasteiger partial charge in [-0.25, -0.2) is 4.98 Å². The largest absolute Gasteiger partial charge is 0.337 e. The Hall–Kier alpha value is -0.370. The molecule has 0 bridgehead atoms. The molecule has 128 valence electrons. The van der Waals surface area contributed by atoms with E-state index in [0.29, 0.717) is 6.42 Å². The van der Waals surface area contributed by atoms with Crippen LogP contribution in [0.4, 0.5) is 0 Å². The number of carbonyl (C=O) groups is 1. The lowest BCUT2D eigenvalue weighted by Crippen LogP contribution is -2.52. The molecule has 0 saturated carbocycles. The fourth-order valence-electron chi connectivity index (χ4n) is 2.40. The fraction of sp³-hybridized carbons (Fsp3) is 0.429. The SMILES string of the molecule is C[C@@H]1CNCCN1C(=O)Cc1csc(-c2ccc(Cl)s2)n1.Cl.Cl. The summed E-state index contributed by atoms with van der Waals surface area (Å²) in [6.07, 6.45) is 0.375. The first-order chi connectivity index (χ1) is 10.1. The van der Waals surface area contributed by atoms with Crippen molar-refractivity contribution in [1.29, 1.82) is 0 Å². The van der Waals surface area contributed by atoms with E-state index in [9.17, 15) is 4.79 Å². The molecule has 1 atom stereocenters. The molecule has 23 heavy (non-hydrogen) atoms. The summed E-state index contributed by atoms with van der Waals surface area (Å²) in [6, 6.07) is 4.09. The molecule has 1 fully saturated rings. The van der Waals surface area contributed by atoms with Crippen molar-refractivity contribution in [3.63, 3.8) is 0 Å².